The van der Waals surface area contributed by atoms with Crippen molar-refractivity contribution in [3.05, 3.63) is 35.4 Å². The van der Waals surface area contributed by atoms with Crippen LogP contribution in [0.25, 0.3) is 0 Å². The van der Waals surface area contributed by atoms with Crippen LogP contribution in [0.1, 0.15) is 55.6 Å². The molecule has 0 bridgehead atoms. The van der Waals surface area contributed by atoms with E-state index < -0.39 is 0 Å². The minimum absolute atomic E-state index is 0.109. The zero-order valence-corrected chi connectivity index (χ0v) is 10.4. The first-order valence-electron chi connectivity index (χ1n) is 7.10. The van der Waals surface area contributed by atoms with E-state index in [0.29, 0.717) is 5.92 Å². The van der Waals surface area contributed by atoms with Gasteiger partial charge in [-0.15, -0.1) is 0 Å². The second kappa shape index (κ2) is 4.81. The van der Waals surface area contributed by atoms with E-state index in [-0.39, 0.29) is 6.10 Å². The molecular weight excluding hydrogens is 208 g/mol. The van der Waals surface area contributed by atoms with Gasteiger partial charge in [0.25, 0.3) is 0 Å². The Kier molecular flexibility index (Phi) is 3.19. The summed E-state index contributed by atoms with van der Waals surface area (Å²) in [6, 6.07) is 8.70. The molecule has 1 nitrogen and oxygen atoms in total. The second-order valence-corrected chi connectivity index (χ2v) is 5.80. The lowest BCUT2D eigenvalue weighted by atomic mass is 9.74. The van der Waals surface area contributed by atoms with Crippen molar-refractivity contribution in [2.45, 2.75) is 57.0 Å². The molecule has 1 N–H and O–H groups in total. The van der Waals surface area contributed by atoms with Crippen LogP contribution in [-0.2, 0) is 6.42 Å². The first-order chi connectivity index (χ1) is 8.34. The van der Waals surface area contributed by atoms with Crippen molar-refractivity contribution in [2.75, 3.05) is 0 Å². The molecule has 2 unspecified atom stereocenters. The fourth-order valence-electron chi connectivity index (χ4n) is 3.43. The summed E-state index contributed by atoms with van der Waals surface area (Å²) < 4.78 is 0. The Morgan fingerprint density at radius 1 is 1.12 bits per heavy atom. The standard InChI is InChI=1S/C16H22O/c17-16(11-12-5-3-6-12)15-10-4-8-13-7-1-2-9-14(13)15/h1-2,7,9,12,15-17H,3-6,8,10-11H2. The number of benzene rings is 1. The molecule has 17 heavy (non-hydrogen) atoms. The second-order valence-electron chi connectivity index (χ2n) is 5.80. The third kappa shape index (κ3) is 2.26. The number of aliphatic hydroxyl groups excluding tert-OH is 1. The summed E-state index contributed by atoms with van der Waals surface area (Å²) in [4.78, 5) is 0. The minimum atomic E-state index is -0.109. The van der Waals surface area contributed by atoms with Gasteiger partial charge in [0.1, 0.15) is 0 Å². The van der Waals surface area contributed by atoms with Gasteiger partial charge in [-0.1, -0.05) is 43.5 Å². The van der Waals surface area contributed by atoms with Crippen LogP contribution in [0.5, 0.6) is 0 Å². The Morgan fingerprint density at radius 2 is 1.94 bits per heavy atom. The van der Waals surface area contributed by atoms with E-state index in [2.05, 4.69) is 24.3 Å². The zero-order valence-electron chi connectivity index (χ0n) is 10.4. The maximum Gasteiger partial charge on any atom is 0.0611 e. The molecule has 2 aliphatic rings. The predicted octanol–water partition coefficient (Wildman–Crippen LogP) is 3.66. The van der Waals surface area contributed by atoms with E-state index in [1.165, 1.54) is 49.7 Å². The van der Waals surface area contributed by atoms with Gasteiger partial charge in [-0.25, -0.2) is 0 Å². The Labute approximate surface area is 104 Å². The van der Waals surface area contributed by atoms with Crippen LogP contribution in [-0.4, -0.2) is 11.2 Å². The maximum absolute atomic E-state index is 10.5. The van der Waals surface area contributed by atoms with E-state index >= 15 is 0 Å². The maximum atomic E-state index is 10.5. The third-order valence-corrected chi connectivity index (χ3v) is 4.68. The molecule has 0 heterocycles. The fraction of sp³-hybridized carbons (Fsp3) is 0.625. The Bertz CT molecular complexity index is 381. The first kappa shape index (κ1) is 11.3. The number of aliphatic hydroxyl groups is 1. The Morgan fingerprint density at radius 3 is 2.71 bits per heavy atom. The normalized spacial score (nSPS) is 26.1. The molecular formula is C16H22O. The van der Waals surface area contributed by atoms with Crippen molar-refractivity contribution in [3.8, 4) is 0 Å². The molecule has 3 rings (SSSR count). The summed E-state index contributed by atoms with van der Waals surface area (Å²) >= 11 is 0. The summed E-state index contributed by atoms with van der Waals surface area (Å²) in [7, 11) is 0. The smallest absolute Gasteiger partial charge is 0.0611 e. The molecule has 1 aromatic rings. The molecule has 0 aliphatic heterocycles. The van der Waals surface area contributed by atoms with E-state index in [0.717, 1.165) is 12.3 Å². The summed E-state index contributed by atoms with van der Waals surface area (Å²) in [6.45, 7) is 0. The van der Waals surface area contributed by atoms with Crippen LogP contribution in [0.4, 0.5) is 0 Å². The highest BCUT2D eigenvalue weighted by Crippen LogP contribution is 2.39. The summed E-state index contributed by atoms with van der Waals surface area (Å²) in [6.07, 6.45) is 8.58. The van der Waals surface area contributed by atoms with Gasteiger partial charge >= 0.3 is 0 Å². The number of hydrogen-bond donors (Lipinski definition) is 1. The fourth-order valence-corrected chi connectivity index (χ4v) is 3.43. The number of rotatable bonds is 3. The van der Waals surface area contributed by atoms with Gasteiger partial charge in [-0.2, -0.15) is 0 Å². The molecule has 0 amide bonds. The molecule has 1 heteroatoms. The quantitative estimate of drug-likeness (QED) is 0.840. The lowest BCUT2D eigenvalue weighted by Crippen LogP contribution is -2.27. The van der Waals surface area contributed by atoms with Crippen LogP contribution in [0, 0.1) is 5.92 Å². The van der Waals surface area contributed by atoms with Gasteiger partial charge < -0.3 is 5.11 Å². The van der Waals surface area contributed by atoms with Gasteiger partial charge in [0.2, 0.25) is 0 Å². The SMILES string of the molecule is OC(CC1CCC1)C1CCCc2ccccc21. The van der Waals surface area contributed by atoms with Gasteiger partial charge in [0.05, 0.1) is 6.10 Å². The lowest BCUT2D eigenvalue weighted by Gasteiger charge is -2.34. The lowest BCUT2D eigenvalue weighted by molar-refractivity contribution is 0.0872. The molecule has 2 aliphatic carbocycles. The van der Waals surface area contributed by atoms with Crippen LogP contribution in [0.15, 0.2) is 24.3 Å². The van der Waals surface area contributed by atoms with Crippen molar-refractivity contribution in [1.82, 2.24) is 0 Å². The van der Waals surface area contributed by atoms with E-state index in [9.17, 15) is 5.11 Å². The summed E-state index contributed by atoms with van der Waals surface area (Å²) in [5, 5.41) is 10.5. The highest BCUT2D eigenvalue weighted by molar-refractivity contribution is 5.33. The average molecular weight is 230 g/mol. The molecule has 0 radical (unpaired) electrons. The summed E-state index contributed by atoms with van der Waals surface area (Å²) in [5.74, 6) is 1.21. The van der Waals surface area contributed by atoms with Gasteiger partial charge in [-0.3, -0.25) is 0 Å². The summed E-state index contributed by atoms with van der Waals surface area (Å²) in [5.41, 5.74) is 2.89. The van der Waals surface area contributed by atoms with Gasteiger partial charge in [0.15, 0.2) is 0 Å². The number of hydrogen-bond acceptors (Lipinski definition) is 1. The largest absolute Gasteiger partial charge is 0.392 e. The van der Waals surface area contributed by atoms with Crippen molar-refractivity contribution < 1.29 is 5.11 Å². The van der Waals surface area contributed by atoms with Crippen LogP contribution < -0.4 is 0 Å². The third-order valence-electron chi connectivity index (χ3n) is 4.68. The molecule has 92 valence electrons. The molecule has 0 aromatic heterocycles. The van der Waals surface area contributed by atoms with Crippen molar-refractivity contribution in [1.29, 1.82) is 0 Å². The van der Waals surface area contributed by atoms with E-state index in [1.807, 2.05) is 0 Å². The van der Waals surface area contributed by atoms with Crippen LogP contribution >= 0.6 is 0 Å². The molecule has 0 spiro atoms. The van der Waals surface area contributed by atoms with Crippen LogP contribution in [0.2, 0.25) is 0 Å². The van der Waals surface area contributed by atoms with Crippen LogP contribution in [0.3, 0.4) is 0 Å². The van der Waals surface area contributed by atoms with Gasteiger partial charge in [-0.05, 0) is 42.7 Å². The van der Waals surface area contributed by atoms with E-state index in [4.69, 9.17) is 0 Å². The van der Waals surface area contributed by atoms with Crippen molar-refractivity contribution in [3.63, 3.8) is 0 Å². The highest BCUT2D eigenvalue weighted by Gasteiger charge is 2.29. The van der Waals surface area contributed by atoms with Gasteiger partial charge in [0, 0.05) is 5.92 Å². The average Bonchev–Trinajstić information content (AvgIpc) is 2.33. The van der Waals surface area contributed by atoms with Crippen molar-refractivity contribution >= 4 is 0 Å². The van der Waals surface area contributed by atoms with Crippen molar-refractivity contribution in [2.24, 2.45) is 5.92 Å². The Balaban J connectivity index is 1.74. The molecule has 1 saturated carbocycles. The predicted molar refractivity (Wildman–Crippen MR) is 70.1 cm³/mol. The topological polar surface area (TPSA) is 20.2 Å². The first-order valence-corrected chi connectivity index (χ1v) is 7.10. The molecule has 0 saturated heterocycles. The molecule has 1 fully saturated rings. The minimum Gasteiger partial charge on any atom is -0.392 e. The number of fused-ring (bicyclic) bond motifs is 1. The van der Waals surface area contributed by atoms with E-state index in [1.54, 1.807) is 0 Å². The Hall–Kier alpha value is -0.820. The number of aryl methyl sites for hydroxylation is 1. The molecule has 1 aromatic carbocycles. The zero-order chi connectivity index (χ0) is 11.7. The monoisotopic (exact) mass is 230 g/mol. The highest BCUT2D eigenvalue weighted by atomic mass is 16.3. The molecule has 2 atom stereocenters.